The van der Waals surface area contributed by atoms with Crippen molar-refractivity contribution in [3.05, 3.63) is 21.9 Å². The first-order chi connectivity index (χ1) is 6.97. The minimum atomic E-state index is -1.23. The number of carboxylic acids is 1. The number of phenols is 1. The lowest BCUT2D eigenvalue weighted by Crippen LogP contribution is -2.04. The van der Waals surface area contributed by atoms with Crippen molar-refractivity contribution in [2.75, 3.05) is 7.11 Å². The van der Waals surface area contributed by atoms with Gasteiger partial charge in [-0.25, -0.2) is 4.39 Å². The van der Waals surface area contributed by atoms with E-state index in [2.05, 4.69) is 15.9 Å². The largest absolute Gasteiger partial charge is 0.504 e. The lowest BCUT2D eigenvalue weighted by Gasteiger charge is -2.10. The van der Waals surface area contributed by atoms with Gasteiger partial charge in [0.25, 0.3) is 0 Å². The van der Waals surface area contributed by atoms with E-state index in [4.69, 9.17) is 9.84 Å². The summed E-state index contributed by atoms with van der Waals surface area (Å²) in [5.74, 6) is -2.49. The Bertz CT molecular complexity index is 406. The zero-order valence-electron chi connectivity index (χ0n) is 7.75. The Labute approximate surface area is 93.4 Å². The fraction of sp³-hybridized carbons (Fsp3) is 0.222. The molecule has 0 aromatic heterocycles. The summed E-state index contributed by atoms with van der Waals surface area (Å²) in [5, 5.41) is 18.1. The van der Waals surface area contributed by atoms with Crippen molar-refractivity contribution in [1.29, 1.82) is 0 Å². The van der Waals surface area contributed by atoms with Crippen molar-refractivity contribution in [3.8, 4) is 11.5 Å². The third-order valence-electron chi connectivity index (χ3n) is 1.79. The lowest BCUT2D eigenvalue weighted by atomic mass is 10.1. The Morgan fingerprint density at radius 2 is 2.27 bits per heavy atom. The highest BCUT2D eigenvalue weighted by molar-refractivity contribution is 9.10. The molecule has 0 heterocycles. The van der Waals surface area contributed by atoms with Crippen LogP contribution in [0.4, 0.5) is 4.39 Å². The van der Waals surface area contributed by atoms with Gasteiger partial charge < -0.3 is 14.9 Å². The molecule has 4 nitrogen and oxygen atoms in total. The predicted molar refractivity (Wildman–Crippen MR) is 53.7 cm³/mol. The topological polar surface area (TPSA) is 66.8 Å². The lowest BCUT2D eigenvalue weighted by molar-refractivity contribution is -0.136. The standard InChI is InChI=1S/C9H8BrFO4/c1-15-9-5(10)3-6(11)4(8(9)14)2-7(12)13/h3,14H,2H2,1H3,(H,12,13). The third-order valence-corrected chi connectivity index (χ3v) is 2.38. The highest BCUT2D eigenvalue weighted by Crippen LogP contribution is 2.38. The molecule has 0 saturated heterocycles. The summed E-state index contributed by atoms with van der Waals surface area (Å²) in [6, 6.07) is 1.05. The molecule has 0 bridgehead atoms. The van der Waals surface area contributed by atoms with Gasteiger partial charge in [-0.1, -0.05) is 0 Å². The van der Waals surface area contributed by atoms with Crippen molar-refractivity contribution in [3.63, 3.8) is 0 Å². The first-order valence-electron chi connectivity index (χ1n) is 3.93. The van der Waals surface area contributed by atoms with Crippen LogP contribution >= 0.6 is 15.9 Å². The van der Waals surface area contributed by atoms with E-state index in [1.807, 2.05) is 0 Å². The monoisotopic (exact) mass is 278 g/mol. The van der Waals surface area contributed by atoms with E-state index in [1.54, 1.807) is 0 Å². The number of benzene rings is 1. The highest BCUT2D eigenvalue weighted by Gasteiger charge is 2.19. The number of carbonyl (C=O) groups is 1. The molecule has 0 saturated carbocycles. The number of aromatic hydroxyl groups is 1. The molecule has 1 aromatic rings. The number of rotatable bonds is 3. The van der Waals surface area contributed by atoms with Crippen molar-refractivity contribution in [2.24, 2.45) is 0 Å². The van der Waals surface area contributed by atoms with Crippen LogP contribution in [0, 0.1) is 5.82 Å². The smallest absolute Gasteiger partial charge is 0.308 e. The molecule has 82 valence electrons. The van der Waals surface area contributed by atoms with Gasteiger partial charge >= 0.3 is 5.97 Å². The number of methoxy groups -OCH3 is 1. The maximum atomic E-state index is 13.3. The molecule has 0 unspecified atom stereocenters. The maximum absolute atomic E-state index is 13.3. The van der Waals surface area contributed by atoms with Crippen LogP contribution in [0.1, 0.15) is 5.56 Å². The van der Waals surface area contributed by atoms with Crippen LogP contribution in [-0.4, -0.2) is 23.3 Å². The molecule has 15 heavy (non-hydrogen) atoms. The Morgan fingerprint density at radius 1 is 1.67 bits per heavy atom. The Kier molecular flexibility index (Phi) is 3.52. The van der Waals surface area contributed by atoms with Crippen LogP contribution in [0.5, 0.6) is 11.5 Å². The minimum Gasteiger partial charge on any atom is -0.504 e. The summed E-state index contributed by atoms with van der Waals surface area (Å²) in [4.78, 5) is 10.4. The summed E-state index contributed by atoms with van der Waals surface area (Å²) in [7, 11) is 1.29. The number of ether oxygens (including phenoxy) is 1. The number of hydrogen-bond acceptors (Lipinski definition) is 3. The van der Waals surface area contributed by atoms with E-state index in [1.165, 1.54) is 7.11 Å². The first kappa shape index (κ1) is 11.8. The average Bonchev–Trinajstić information content (AvgIpc) is 2.12. The summed E-state index contributed by atoms with van der Waals surface area (Å²) < 4.78 is 18.3. The quantitative estimate of drug-likeness (QED) is 0.887. The van der Waals surface area contributed by atoms with Gasteiger partial charge in [0.15, 0.2) is 11.5 Å². The van der Waals surface area contributed by atoms with Gasteiger partial charge in [0.2, 0.25) is 0 Å². The van der Waals surface area contributed by atoms with E-state index in [-0.39, 0.29) is 15.8 Å². The van der Waals surface area contributed by atoms with Crippen LogP contribution < -0.4 is 4.74 Å². The molecule has 0 spiro atoms. The number of carboxylic acid groups (broad SMARTS) is 1. The number of hydrogen-bond donors (Lipinski definition) is 2. The van der Waals surface area contributed by atoms with E-state index in [0.29, 0.717) is 0 Å². The van der Waals surface area contributed by atoms with Crippen LogP contribution in [0.15, 0.2) is 10.5 Å². The molecule has 0 radical (unpaired) electrons. The molecular formula is C9H8BrFO4. The fourth-order valence-corrected chi connectivity index (χ4v) is 1.69. The summed E-state index contributed by atoms with van der Waals surface area (Å²) in [6.45, 7) is 0. The second-order valence-electron chi connectivity index (χ2n) is 2.77. The van der Waals surface area contributed by atoms with E-state index in [0.717, 1.165) is 6.07 Å². The molecule has 0 aliphatic rings. The Balaban J connectivity index is 3.32. The van der Waals surface area contributed by atoms with Gasteiger partial charge in [0.1, 0.15) is 5.82 Å². The van der Waals surface area contributed by atoms with Gasteiger partial charge in [-0.3, -0.25) is 4.79 Å². The molecule has 0 fully saturated rings. The van der Waals surface area contributed by atoms with Crippen molar-refractivity contribution in [1.82, 2.24) is 0 Å². The Hall–Kier alpha value is -1.30. The average molecular weight is 279 g/mol. The van der Waals surface area contributed by atoms with Crippen LogP contribution in [0.3, 0.4) is 0 Å². The molecule has 0 amide bonds. The number of halogens is 2. The van der Waals surface area contributed by atoms with Crippen molar-refractivity contribution >= 4 is 21.9 Å². The second kappa shape index (κ2) is 4.48. The summed E-state index contributed by atoms with van der Waals surface area (Å²) >= 11 is 2.99. The zero-order chi connectivity index (χ0) is 11.6. The van der Waals surface area contributed by atoms with E-state index < -0.39 is 24.0 Å². The van der Waals surface area contributed by atoms with Gasteiger partial charge in [-0.05, 0) is 22.0 Å². The maximum Gasteiger partial charge on any atom is 0.308 e. The van der Waals surface area contributed by atoms with Crippen LogP contribution in [0.2, 0.25) is 0 Å². The molecular weight excluding hydrogens is 271 g/mol. The van der Waals surface area contributed by atoms with Gasteiger partial charge in [-0.2, -0.15) is 0 Å². The van der Waals surface area contributed by atoms with Gasteiger partial charge in [-0.15, -0.1) is 0 Å². The Morgan fingerprint density at radius 3 is 2.73 bits per heavy atom. The van der Waals surface area contributed by atoms with E-state index >= 15 is 0 Å². The molecule has 1 aromatic carbocycles. The molecule has 1 rings (SSSR count). The first-order valence-corrected chi connectivity index (χ1v) is 4.72. The van der Waals surface area contributed by atoms with Crippen molar-refractivity contribution in [2.45, 2.75) is 6.42 Å². The second-order valence-corrected chi connectivity index (χ2v) is 3.63. The molecule has 2 N–H and O–H groups in total. The summed E-state index contributed by atoms with van der Waals surface area (Å²) in [5.41, 5.74) is -0.289. The van der Waals surface area contributed by atoms with Gasteiger partial charge in [0.05, 0.1) is 18.0 Å². The van der Waals surface area contributed by atoms with Crippen LogP contribution in [0.25, 0.3) is 0 Å². The number of aliphatic carboxylic acids is 1. The minimum absolute atomic E-state index is 0.0210. The van der Waals surface area contributed by atoms with Crippen molar-refractivity contribution < 1.29 is 24.1 Å². The van der Waals surface area contributed by atoms with E-state index in [9.17, 15) is 14.3 Å². The predicted octanol–water partition coefficient (Wildman–Crippen LogP) is 1.93. The summed E-state index contributed by atoms with van der Waals surface area (Å²) in [6.07, 6.45) is -0.596. The zero-order valence-corrected chi connectivity index (χ0v) is 9.34. The fourth-order valence-electron chi connectivity index (χ4n) is 1.14. The normalized spacial score (nSPS) is 10.1. The molecule has 0 aliphatic heterocycles. The highest BCUT2D eigenvalue weighted by atomic mass is 79.9. The third kappa shape index (κ3) is 2.38. The van der Waals surface area contributed by atoms with Crippen LogP contribution in [-0.2, 0) is 11.2 Å². The molecule has 6 heteroatoms. The number of phenolic OH excluding ortho intramolecular Hbond substituents is 1. The SMILES string of the molecule is COc1c(Br)cc(F)c(CC(=O)O)c1O. The molecule has 0 aliphatic carbocycles. The van der Waals surface area contributed by atoms with Gasteiger partial charge in [0, 0.05) is 5.56 Å². The molecule has 0 atom stereocenters.